The number of likely N-dealkylation sites (N-methyl/N-ethyl adjacent to an activating group) is 1. The molecule has 0 amide bonds. The van der Waals surface area contributed by atoms with Crippen LogP contribution in [0.1, 0.15) is 24.8 Å². The summed E-state index contributed by atoms with van der Waals surface area (Å²) in [7, 11) is 0. The number of hydrogen-bond acceptors (Lipinski definition) is 3. The molecule has 1 saturated heterocycles. The molecule has 15 heavy (non-hydrogen) atoms. The third kappa shape index (κ3) is 2.44. The number of nitrogens with zero attached hydrogens (tertiary/aromatic N) is 1. The average Bonchev–Trinajstić information content (AvgIpc) is 2.57. The third-order valence-electron chi connectivity index (χ3n) is 3.09. The number of nitrogens with one attached hydrogen (secondary N) is 1. The second-order valence-corrected chi connectivity index (χ2v) is 5.84. The molecule has 0 aliphatic carbocycles. The van der Waals surface area contributed by atoms with Crippen molar-refractivity contribution in [2.75, 3.05) is 19.6 Å². The molecule has 1 unspecified atom stereocenters. The normalized spacial score (nSPS) is 19.2. The van der Waals surface area contributed by atoms with Crippen LogP contribution in [0.25, 0.3) is 0 Å². The third-order valence-corrected chi connectivity index (χ3v) is 4.95. The minimum absolute atomic E-state index is 0.540. The minimum atomic E-state index is 0.540. The van der Waals surface area contributed by atoms with Crippen LogP contribution in [0.2, 0.25) is 0 Å². The molecule has 0 bridgehead atoms. The predicted molar refractivity (Wildman–Crippen MR) is 69.5 cm³/mol. The molecule has 1 fully saturated rings. The van der Waals surface area contributed by atoms with Crippen LogP contribution < -0.4 is 5.32 Å². The summed E-state index contributed by atoms with van der Waals surface area (Å²) >= 11 is 5.36. The molecule has 0 saturated carbocycles. The van der Waals surface area contributed by atoms with Crippen molar-refractivity contribution in [3.8, 4) is 0 Å². The first kappa shape index (κ1) is 11.6. The second-order valence-electron chi connectivity index (χ2n) is 3.99. The summed E-state index contributed by atoms with van der Waals surface area (Å²) in [4.78, 5) is 4.03. The number of thiophene rings is 1. The monoisotopic (exact) mass is 288 g/mol. The van der Waals surface area contributed by atoms with Gasteiger partial charge in [0.05, 0.1) is 0 Å². The van der Waals surface area contributed by atoms with Gasteiger partial charge in [0, 0.05) is 39.9 Å². The zero-order valence-electron chi connectivity index (χ0n) is 9.16. The quantitative estimate of drug-likeness (QED) is 0.917. The molecule has 1 aromatic heterocycles. The smallest absolute Gasteiger partial charge is 0.0417 e. The first-order chi connectivity index (χ1) is 7.22. The molecule has 1 aliphatic heterocycles. The molecule has 2 nitrogen and oxygen atoms in total. The summed E-state index contributed by atoms with van der Waals surface area (Å²) in [6.45, 7) is 7.97. The van der Waals surface area contributed by atoms with Gasteiger partial charge >= 0.3 is 0 Å². The van der Waals surface area contributed by atoms with Crippen LogP contribution in [-0.4, -0.2) is 30.6 Å². The van der Waals surface area contributed by atoms with Crippen molar-refractivity contribution in [3.05, 3.63) is 20.8 Å². The maximum absolute atomic E-state index is 3.52. The van der Waals surface area contributed by atoms with E-state index in [4.69, 9.17) is 0 Å². The standard InChI is InChI=1S/C11H17BrN2S/c1-3-14(10-5-13-6-10)8(2)11-4-9(12)7-15-11/h4,7-8,10,13H,3,5-6H2,1-2H3. The molecule has 1 aliphatic rings. The van der Waals surface area contributed by atoms with Crippen molar-refractivity contribution in [1.82, 2.24) is 10.2 Å². The Balaban J connectivity index is 2.07. The maximum atomic E-state index is 3.52. The van der Waals surface area contributed by atoms with Crippen molar-refractivity contribution in [1.29, 1.82) is 0 Å². The summed E-state index contributed by atoms with van der Waals surface area (Å²) in [6.07, 6.45) is 0. The lowest BCUT2D eigenvalue weighted by Crippen LogP contribution is -2.57. The Bertz CT molecular complexity index is 322. The van der Waals surface area contributed by atoms with Crippen LogP contribution in [0.3, 0.4) is 0 Å². The lowest BCUT2D eigenvalue weighted by Gasteiger charge is -2.41. The van der Waals surface area contributed by atoms with E-state index >= 15 is 0 Å². The van der Waals surface area contributed by atoms with Crippen molar-refractivity contribution in [3.63, 3.8) is 0 Å². The van der Waals surface area contributed by atoms with Crippen LogP contribution in [0.15, 0.2) is 15.9 Å². The molecule has 84 valence electrons. The molecule has 1 atom stereocenters. The van der Waals surface area contributed by atoms with E-state index < -0.39 is 0 Å². The highest BCUT2D eigenvalue weighted by Gasteiger charge is 2.28. The first-order valence-electron chi connectivity index (χ1n) is 5.42. The Morgan fingerprint density at radius 3 is 2.80 bits per heavy atom. The minimum Gasteiger partial charge on any atom is -0.314 e. The van der Waals surface area contributed by atoms with E-state index in [0.29, 0.717) is 6.04 Å². The van der Waals surface area contributed by atoms with Crippen molar-refractivity contribution in [2.24, 2.45) is 0 Å². The fourth-order valence-electron chi connectivity index (χ4n) is 2.07. The van der Waals surface area contributed by atoms with E-state index in [1.807, 2.05) is 11.3 Å². The lowest BCUT2D eigenvalue weighted by molar-refractivity contribution is 0.111. The SMILES string of the molecule is CCN(C1CNC1)C(C)c1cc(Br)cs1. The Hall–Kier alpha value is 0.1000. The summed E-state index contributed by atoms with van der Waals surface area (Å²) < 4.78 is 1.21. The highest BCUT2D eigenvalue weighted by Crippen LogP contribution is 2.30. The average molecular weight is 289 g/mol. The van der Waals surface area contributed by atoms with Crippen molar-refractivity contribution < 1.29 is 0 Å². The van der Waals surface area contributed by atoms with Gasteiger partial charge < -0.3 is 5.32 Å². The van der Waals surface area contributed by atoms with Gasteiger partial charge in [0.2, 0.25) is 0 Å². The molecule has 0 aromatic carbocycles. The van der Waals surface area contributed by atoms with Gasteiger partial charge in [0.15, 0.2) is 0 Å². The fourth-order valence-corrected chi connectivity index (χ4v) is 3.59. The van der Waals surface area contributed by atoms with Gasteiger partial charge in [0.1, 0.15) is 0 Å². The van der Waals surface area contributed by atoms with Gasteiger partial charge in [0.25, 0.3) is 0 Å². The molecule has 2 heterocycles. The maximum Gasteiger partial charge on any atom is 0.0417 e. The van der Waals surface area contributed by atoms with E-state index in [9.17, 15) is 0 Å². The van der Waals surface area contributed by atoms with Gasteiger partial charge in [-0.1, -0.05) is 6.92 Å². The molecule has 0 radical (unpaired) electrons. The predicted octanol–water partition coefficient (Wildman–Crippen LogP) is 2.87. The van der Waals surface area contributed by atoms with E-state index in [-0.39, 0.29) is 0 Å². The summed E-state index contributed by atoms with van der Waals surface area (Å²) in [5.74, 6) is 0. The molecular weight excluding hydrogens is 272 g/mol. The van der Waals surface area contributed by atoms with E-state index in [1.54, 1.807) is 0 Å². The Labute approximate surface area is 104 Å². The highest BCUT2D eigenvalue weighted by molar-refractivity contribution is 9.10. The van der Waals surface area contributed by atoms with Gasteiger partial charge in [-0.2, -0.15) is 0 Å². The van der Waals surface area contributed by atoms with Crippen LogP contribution >= 0.6 is 27.3 Å². The molecule has 1 aromatic rings. The van der Waals surface area contributed by atoms with Crippen molar-refractivity contribution >= 4 is 27.3 Å². The summed E-state index contributed by atoms with van der Waals surface area (Å²) in [5, 5.41) is 5.51. The first-order valence-corrected chi connectivity index (χ1v) is 7.10. The van der Waals surface area contributed by atoms with E-state index in [0.717, 1.165) is 25.7 Å². The van der Waals surface area contributed by atoms with Crippen LogP contribution in [0.5, 0.6) is 0 Å². The zero-order chi connectivity index (χ0) is 10.8. The van der Waals surface area contributed by atoms with Crippen LogP contribution in [0.4, 0.5) is 0 Å². The van der Waals surface area contributed by atoms with Gasteiger partial charge in [-0.15, -0.1) is 11.3 Å². The van der Waals surface area contributed by atoms with E-state index in [1.165, 1.54) is 9.35 Å². The van der Waals surface area contributed by atoms with Crippen LogP contribution in [-0.2, 0) is 0 Å². The molecule has 2 rings (SSSR count). The summed E-state index contributed by atoms with van der Waals surface area (Å²) in [5.41, 5.74) is 0. The van der Waals surface area contributed by atoms with Gasteiger partial charge in [-0.25, -0.2) is 0 Å². The molecule has 4 heteroatoms. The largest absolute Gasteiger partial charge is 0.314 e. The zero-order valence-corrected chi connectivity index (χ0v) is 11.6. The van der Waals surface area contributed by atoms with Gasteiger partial charge in [-0.3, -0.25) is 4.90 Å². The van der Waals surface area contributed by atoms with Crippen LogP contribution in [0, 0.1) is 0 Å². The second kappa shape index (κ2) is 4.95. The lowest BCUT2D eigenvalue weighted by atomic mass is 10.1. The van der Waals surface area contributed by atoms with Gasteiger partial charge in [-0.05, 0) is 35.5 Å². The Morgan fingerprint density at radius 1 is 1.67 bits per heavy atom. The molecular formula is C11H17BrN2S. The summed E-state index contributed by atoms with van der Waals surface area (Å²) in [6, 6.07) is 3.51. The van der Waals surface area contributed by atoms with Crippen molar-refractivity contribution in [2.45, 2.75) is 25.9 Å². The number of rotatable bonds is 4. The Morgan fingerprint density at radius 2 is 2.40 bits per heavy atom. The number of halogens is 1. The Kier molecular flexibility index (Phi) is 3.83. The molecule has 1 N–H and O–H groups in total. The van der Waals surface area contributed by atoms with E-state index in [2.05, 4.69) is 51.4 Å². The topological polar surface area (TPSA) is 15.3 Å². The number of hydrogen-bond donors (Lipinski definition) is 1. The highest BCUT2D eigenvalue weighted by atomic mass is 79.9. The molecule has 0 spiro atoms. The fraction of sp³-hybridized carbons (Fsp3) is 0.636.